The van der Waals surface area contributed by atoms with E-state index in [0.29, 0.717) is 6.54 Å². The van der Waals surface area contributed by atoms with Gasteiger partial charge < -0.3 is 5.11 Å². The van der Waals surface area contributed by atoms with Crippen LogP contribution in [0.1, 0.15) is 12.0 Å². The van der Waals surface area contributed by atoms with Crippen molar-refractivity contribution >= 4 is 17.8 Å². The second-order valence-electron chi connectivity index (χ2n) is 4.24. The minimum absolute atomic E-state index is 0.0906. The van der Waals surface area contributed by atoms with E-state index in [1.807, 2.05) is 13.1 Å². The highest BCUT2D eigenvalue weighted by atomic mass is 16.4. The Hall–Kier alpha value is -2.71. The topological polar surface area (TPSA) is 115 Å². The first kappa shape index (κ1) is 13.7. The lowest BCUT2D eigenvalue weighted by molar-refractivity contribution is -0.137. The Kier molecular flexibility index (Phi) is 4.08. The average molecular weight is 278 g/mol. The van der Waals surface area contributed by atoms with E-state index in [-0.39, 0.29) is 24.8 Å². The molecule has 0 saturated carbocycles. The minimum Gasteiger partial charge on any atom is -0.480 e. The number of carbonyl (C=O) groups excluding carboxylic acids is 1. The summed E-state index contributed by atoms with van der Waals surface area (Å²) in [6, 6.07) is 0. The fourth-order valence-electron chi connectivity index (χ4n) is 1.56. The second-order valence-corrected chi connectivity index (χ2v) is 4.24. The zero-order chi connectivity index (χ0) is 14.5. The maximum atomic E-state index is 11.7. The molecule has 0 radical (unpaired) electrons. The van der Waals surface area contributed by atoms with Gasteiger partial charge in [0.15, 0.2) is 0 Å². The van der Waals surface area contributed by atoms with Gasteiger partial charge in [-0.25, -0.2) is 9.67 Å². The van der Waals surface area contributed by atoms with Crippen molar-refractivity contribution in [2.24, 2.45) is 0 Å². The predicted octanol–water partition coefficient (Wildman–Crippen LogP) is -0.104. The first-order valence-corrected chi connectivity index (χ1v) is 5.93. The largest absolute Gasteiger partial charge is 0.480 e. The normalized spacial score (nSPS) is 10.4. The summed E-state index contributed by atoms with van der Waals surface area (Å²) in [5.74, 6) is -1.19. The molecular formula is C11H14N6O3. The third-order valence-electron chi connectivity index (χ3n) is 2.42. The van der Waals surface area contributed by atoms with Crippen molar-refractivity contribution in [1.82, 2.24) is 24.5 Å². The highest BCUT2D eigenvalue weighted by Crippen LogP contribution is 2.00. The standard InChI is InChI=1S/C11H14N6O3/c1-8-4-13-16(5-8)3-2-9(18)14-11-12-7-17(15-11)6-10(19)20/h4-5,7H,2-3,6H2,1H3,(H,19,20)(H,14,15,18). The number of nitrogens with one attached hydrogen (secondary N) is 1. The van der Waals surface area contributed by atoms with E-state index in [1.54, 1.807) is 10.9 Å². The third kappa shape index (κ3) is 3.90. The van der Waals surface area contributed by atoms with Gasteiger partial charge in [0.25, 0.3) is 0 Å². The number of carbonyl (C=O) groups is 2. The number of amides is 1. The van der Waals surface area contributed by atoms with Gasteiger partial charge in [-0.05, 0) is 12.5 Å². The third-order valence-corrected chi connectivity index (χ3v) is 2.42. The van der Waals surface area contributed by atoms with Crippen molar-refractivity contribution in [3.05, 3.63) is 24.3 Å². The van der Waals surface area contributed by atoms with Gasteiger partial charge in [0.05, 0.1) is 6.20 Å². The molecule has 2 rings (SSSR count). The molecule has 0 aliphatic carbocycles. The van der Waals surface area contributed by atoms with Gasteiger partial charge in [0.1, 0.15) is 12.9 Å². The Bertz CT molecular complexity index is 617. The summed E-state index contributed by atoms with van der Waals surface area (Å²) in [6.07, 6.45) is 5.04. The Morgan fingerprint density at radius 2 is 2.20 bits per heavy atom. The van der Waals surface area contributed by atoms with Gasteiger partial charge in [-0.3, -0.25) is 19.6 Å². The van der Waals surface area contributed by atoms with Crippen molar-refractivity contribution in [3.63, 3.8) is 0 Å². The first-order valence-electron chi connectivity index (χ1n) is 5.93. The summed E-state index contributed by atoms with van der Waals surface area (Å²) < 4.78 is 2.81. The van der Waals surface area contributed by atoms with Gasteiger partial charge in [-0.1, -0.05) is 0 Å². The van der Waals surface area contributed by atoms with E-state index in [0.717, 1.165) is 10.2 Å². The maximum absolute atomic E-state index is 11.7. The van der Waals surface area contributed by atoms with Crippen LogP contribution in [0.5, 0.6) is 0 Å². The lowest BCUT2D eigenvalue weighted by Crippen LogP contribution is -2.16. The summed E-state index contributed by atoms with van der Waals surface area (Å²) in [4.78, 5) is 25.9. The Balaban J connectivity index is 1.82. The molecule has 0 saturated heterocycles. The number of hydrogen-bond acceptors (Lipinski definition) is 5. The van der Waals surface area contributed by atoms with E-state index in [4.69, 9.17) is 5.11 Å². The van der Waals surface area contributed by atoms with Crippen molar-refractivity contribution in [1.29, 1.82) is 0 Å². The highest BCUT2D eigenvalue weighted by Gasteiger charge is 2.08. The lowest BCUT2D eigenvalue weighted by Gasteiger charge is -2.01. The van der Waals surface area contributed by atoms with Crippen molar-refractivity contribution in [3.8, 4) is 0 Å². The van der Waals surface area contributed by atoms with Gasteiger partial charge in [-0.2, -0.15) is 5.10 Å². The van der Waals surface area contributed by atoms with Crippen LogP contribution in [0.4, 0.5) is 5.95 Å². The number of aryl methyl sites for hydroxylation is 2. The zero-order valence-electron chi connectivity index (χ0n) is 10.9. The molecule has 9 heteroatoms. The fourth-order valence-corrected chi connectivity index (χ4v) is 1.56. The van der Waals surface area contributed by atoms with Gasteiger partial charge in [-0.15, -0.1) is 5.10 Å². The van der Waals surface area contributed by atoms with Gasteiger partial charge in [0.2, 0.25) is 11.9 Å². The highest BCUT2D eigenvalue weighted by molar-refractivity contribution is 5.88. The fraction of sp³-hybridized carbons (Fsp3) is 0.364. The maximum Gasteiger partial charge on any atom is 0.325 e. The lowest BCUT2D eigenvalue weighted by atomic mass is 10.4. The molecule has 0 aliphatic heterocycles. The van der Waals surface area contributed by atoms with E-state index in [1.165, 1.54) is 6.33 Å². The molecule has 0 spiro atoms. The number of anilines is 1. The smallest absolute Gasteiger partial charge is 0.325 e. The molecule has 0 aromatic carbocycles. The number of aliphatic carboxylic acids is 1. The number of hydrogen-bond donors (Lipinski definition) is 2. The molecule has 1 amide bonds. The summed E-state index contributed by atoms with van der Waals surface area (Å²) in [7, 11) is 0. The molecule has 2 aromatic rings. The quantitative estimate of drug-likeness (QED) is 0.762. The van der Waals surface area contributed by atoms with Gasteiger partial charge >= 0.3 is 5.97 Å². The van der Waals surface area contributed by atoms with Crippen LogP contribution in [-0.2, 0) is 22.7 Å². The summed E-state index contributed by atoms with van der Waals surface area (Å²) in [6.45, 7) is 2.08. The predicted molar refractivity (Wildman–Crippen MR) is 67.9 cm³/mol. The summed E-state index contributed by atoms with van der Waals surface area (Å²) in [5.41, 5.74) is 1.03. The number of carboxylic acid groups (broad SMARTS) is 1. The monoisotopic (exact) mass is 278 g/mol. The first-order chi connectivity index (χ1) is 9.52. The van der Waals surface area contributed by atoms with Crippen LogP contribution < -0.4 is 5.32 Å². The Morgan fingerprint density at radius 1 is 1.40 bits per heavy atom. The molecule has 2 N–H and O–H groups in total. The Morgan fingerprint density at radius 3 is 2.85 bits per heavy atom. The van der Waals surface area contributed by atoms with Gasteiger partial charge in [0, 0.05) is 19.2 Å². The molecule has 9 nitrogen and oxygen atoms in total. The van der Waals surface area contributed by atoms with E-state index >= 15 is 0 Å². The van der Waals surface area contributed by atoms with Crippen molar-refractivity contribution < 1.29 is 14.7 Å². The summed E-state index contributed by atoms with van der Waals surface area (Å²) in [5, 5.41) is 19.0. The second kappa shape index (κ2) is 5.95. The molecular weight excluding hydrogens is 264 g/mol. The van der Waals surface area contributed by atoms with Crippen molar-refractivity contribution in [2.75, 3.05) is 5.32 Å². The van der Waals surface area contributed by atoms with Crippen LogP contribution >= 0.6 is 0 Å². The van der Waals surface area contributed by atoms with E-state index < -0.39 is 5.97 Å². The van der Waals surface area contributed by atoms with Crippen molar-refractivity contribution in [2.45, 2.75) is 26.4 Å². The molecule has 0 bridgehead atoms. The molecule has 0 aliphatic rings. The van der Waals surface area contributed by atoms with Crippen LogP contribution in [0.25, 0.3) is 0 Å². The number of aromatic nitrogens is 5. The molecule has 106 valence electrons. The minimum atomic E-state index is -1.03. The molecule has 20 heavy (non-hydrogen) atoms. The van der Waals surface area contributed by atoms with Crippen LogP contribution in [0.3, 0.4) is 0 Å². The molecule has 0 atom stereocenters. The van der Waals surface area contributed by atoms with E-state index in [9.17, 15) is 9.59 Å². The number of carboxylic acids is 1. The zero-order valence-corrected chi connectivity index (χ0v) is 10.9. The SMILES string of the molecule is Cc1cnn(CCC(=O)Nc2ncn(CC(=O)O)n2)c1. The van der Waals surface area contributed by atoms with Crippen LogP contribution in [0.2, 0.25) is 0 Å². The van der Waals surface area contributed by atoms with Crippen LogP contribution in [0, 0.1) is 6.92 Å². The van der Waals surface area contributed by atoms with E-state index in [2.05, 4.69) is 20.5 Å². The summed E-state index contributed by atoms with van der Waals surface area (Å²) >= 11 is 0. The molecule has 2 heterocycles. The molecule has 0 unspecified atom stereocenters. The molecule has 0 fully saturated rings. The molecule has 2 aromatic heterocycles. The number of rotatable bonds is 6. The Labute approximate surface area is 114 Å². The number of nitrogens with zero attached hydrogens (tertiary/aromatic N) is 5. The average Bonchev–Trinajstić information content (AvgIpc) is 2.95. The van der Waals surface area contributed by atoms with Crippen LogP contribution in [0.15, 0.2) is 18.7 Å². The van der Waals surface area contributed by atoms with Crippen LogP contribution in [-0.4, -0.2) is 41.5 Å².